The first-order valence-corrected chi connectivity index (χ1v) is 6.62. The second-order valence-electron chi connectivity index (χ2n) is 5.20. The van der Waals surface area contributed by atoms with E-state index in [4.69, 9.17) is 9.26 Å². The van der Waals surface area contributed by atoms with E-state index in [1.807, 2.05) is 0 Å². The molecule has 0 aliphatic heterocycles. The summed E-state index contributed by atoms with van der Waals surface area (Å²) in [5.74, 6) is 1.26. The highest BCUT2D eigenvalue weighted by atomic mass is 16.5. The summed E-state index contributed by atoms with van der Waals surface area (Å²) in [4.78, 5) is 16.3. The van der Waals surface area contributed by atoms with Crippen LogP contribution in [0.25, 0.3) is 0 Å². The fraction of sp³-hybridized carbons (Fsp3) is 0.769. The quantitative estimate of drug-likeness (QED) is 0.728. The van der Waals surface area contributed by atoms with Crippen LogP contribution in [0.2, 0.25) is 0 Å². The minimum Gasteiger partial charge on any atom is -0.465 e. The zero-order valence-electron chi connectivity index (χ0n) is 11.2. The maximum atomic E-state index is 11.9. The fourth-order valence-corrected chi connectivity index (χ4v) is 1.91. The standard InChI is InChI=1S/C13H20N2O3/c1-4-17-13(16)10(7-8(2)3)12-14-11(15-18-12)9-5-6-9/h8-10H,4-7H2,1-3H3. The van der Waals surface area contributed by atoms with Crippen LogP contribution < -0.4 is 0 Å². The average molecular weight is 252 g/mol. The Labute approximate surface area is 107 Å². The lowest BCUT2D eigenvalue weighted by atomic mass is 9.97. The van der Waals surface area contributed by atoms with Gasteiger partial charge in [-0.15, -0.1) is 0 Å². The topological polar surface area (TPSA) is 65.2 Å². The molecule has 1 aromatic rings. The van der Waals surface area contributed by atoms with Gasteiger partial charge in [0.1, 0.15) is 5.92 Å². The summed E-state index contributed by atoms with van der Waals surface area (Å²) in [6.45, 7) is 6.29. The predicted octanol–water partition coefficient (Wildman–Crippen LogP) is 2.64. The van der Waals surface area contributed by atoms with Crippen molar-refractivity contribution in [1.29, 1.82) is 0 Å². The first-order valence-electron chi connectivity index (χ1n) is 6.62. The lowest BCUT2D eigenvalue weighted by molar-refractivity contribution is -0.146. The van der Waals surface area contributed by atoms with Gasteiger partial charge < -0.3 is 9.26 Å². The number of aromatic nitrogens is 2. The van der Waals surface area contributed by atoms with Crippen LogP contribution in [-0.2, 0) is 9.53 Å². The number of esters is 1. The molecule has 1 aliphatic rings. The van der Waals surface area contributed by atoms with E-state index < -0.39 is 5.92 Å². The van der Waals surface area contributed by atoms with Crippen LogP contribution in [0.3, 0.4) is 0 Å². The Balaban J connectivity index is 2.12. The molecule has 100 valence electrons. The van der Waals surface area contributed by atoms with Crippen molar-refractivity contribution in [2.24, 2.45) is 5.92 Å². The molecule has 1 aliphatic carbocycles. The second-order valence-corrected chi connectivity index (χ2v) is 5.20. The van der Waals surface area contributed by atoms with Crippen LogP contribution >= 0.6 is 0 Å². The molecule has 1 saturated carbocycles. The highest BCUT2D eigenvalue weighted by Crippen LogP contribution is 2.39. The summed E-state index contributed by atoms with van der Waals surface area (Å²) in [6, 6.07) is 0. The number of hydrogen-bond acceptors (Lipinski definition) is 5. The lowest BCUT2D eigenvalue weighted by Gasteiger charge is -2.13. The smallest absolute Gasteiger partial charge is 0.318 e. The van der Waals surface area contributed by atoms with E-state index in [0.29, 0.717) is 30.8 Å². The minimum atomic E-state index is -0.426. The maximum absolute atomic E-state index is 11.9. The lowest BCUT2D eigenvalue weighted by Crippen LogP contribution is -2.18. The van der Waals surface area contributed by atoms with Gasteiger partial charge in [0.05, 0.1) is 6.61 Å². The fourth-order valence-electron chi connectivity index (χ4n) is 1.91. The maximum Gasteiger partial charge on any atom is 0.318 e. The minimum absolute atomic E-state index is 0.266. The van der Waals surface area contributed by atoms with Gasteiger partial charge in [0, 0.05) is 5.92 Å². The summed E-state index contributed by atoms with van der Waals surface area (Å²) in [5.41, 5.74) is 0. The molecule has 1 heterocycles. The van der Waals surface area contributed by atoms with Gasteiger partial charge in [-0.2, -0.15) is 4.98 Å². The zero-order chi connectivity index (χ0) is 13.1. The third-order valence-corrected chi connectivity index (χ3v) is 2.98. The monoisotopic (exact) mass is 252 g/mol. The Bertz CT molecular complexity index is 410. The average Bonchev–Trinajstić information content (AvgIpc) is 3.05. The molecule has 5 heteroatoms. The van der Waals surface area contributed by atoms with Gasteiger partial charge in [-0.05, 0) is 32.1 Å². The molecule has 1 fully saturated rings. The van der Waals surface area contributed by atoms with Gasteiger partial charge >= 0.3 is 5.97 Å². The van der Waals surface area contributed by atoms with E-state index in [2.05, 4.69) is 24.0 Å². The van der Waals surface area contributed by atoms with Crippen LogP contribution in [0.1, 0.15) is 63.6 Å². The first-order chi connectivity index (χ1) is 8.61. The molecule has 0 bridgehead atoms. The van der Waals surface area contributed by atoms with Gasteiger partial charge in [0.2, 0.25) is 5.89 Å². The first kappa shape index (κ1) is 13.1. The molecule has 1 atom stereocenters. The van der Waals surface area contributed by atoms with Crippen molar-refractivity contribution in [2.75, 3.05) is 6.61 Å². The summed E-state index contributed by atoms with van der Waals surface area (Å²) in [5, 5.41) is 3.96. The molecule has 18 heavy (non-hydrogen) atoms. The molecule has 0 spiro atoms. The predicted molar refractivity (Wildman–Crippen MR) is 65.1 cm³/mol. The molecule has 0 N–H and O–H groups in total. The molecule has 5 nitrogen and oxygen atoms in total. The Morgan fingerprint density at radius 2 is 2.22 bits per heavy atom. The van der Waals surface area contributed by atoms with Crippen molar-refractivity contribution < 1.29 is 14.1 Å². The van der Waals surface area contributed by atoms with Crippen molar-refractivity contribution in [3.05, 3.63) is 11.7 Å². The van der Waals surface area contributed by atoms with Gasteiger partial charge in [0.25, 0.3) is 0 Å². The molecule has 1 unspecified atom stereocenters. The molecule has 0 saturated heterocycles. The molecular formula is C13H20N2O3. The van der Waals surface area contributed by atoms with Crippen LogP contribution in [0, 0.1) is 5.92 Å². The highest BCUT2D eigenvalue weighted by Gasteiger charge is 2.33. The van der Waals surface area contributed by atoms with E-state index in [9.17, 15) is 4.79 Å². The summed E-state index contributed by atoms with van der Waals surface area (Å²) < 4.78 is 10.3. The van der Waals surface area contributed by atoms with Gasteiger partial charge in [-0.25, -0.2) is 0 Å². The highest BCUT2D eigenvalue weighted by molar-refractivity contribution is 5.76. The molecular weight excluding hydrogens is 232 g/mol. The van der Waals surface area contributed by atoms with Crippen molar-refractivity contribution in [1.82, 2.24) is 10.1 Å². The second kappa shape index (κ2) is 5.50. The number of carbonyl (C=O) groups is 1. The molecule has 0 radical (unpaired) electrons. The van der Waals surface area contributed by atoms with Gasteiger partial charge in [0.15, 0.2) is 5.82 Å². The summed E-state index contributed by atoms with van der Waals surface area (Å²) in [7, 11) is 0. The van der Waals surface area contributed by atoms with Crippen molar-refractivity contribution in [3.8, 4) is 0 Å². The Kier molecular flexibility index (Phi) is 3.99. The van der Waals surface area contributed by atoms with Gasteiger partial charge in [-0.1, -0.05) is 19.0 Å². The summed E-state index contributed by atoms with van der Waals surface area (Å²) >= 11 is 0. The Morgan fingerprint density at radius 1 is 1.50 bits per heavy atom. The van der Waals surface area contributed by atoms with Crippen LogP contribution in [-0.4, -0.2) is 22.7 Å². The third kappa shape index (κ3) is 3.09. The molecule has 1 aromatic heterocycles. The van der Waals surface area contributed by atoms with E-state index in [-0.39, 0.29) is 5.97 Å². The Morgan fingerprint density at radius 3 is 2.78 bits per heavy atom. The van der Waals surface area contributed by atoms with Crippen LogP contribution in [0.5, 0.6) is 0 Å². The normalized spacial score (nSPS) is 16.9. The van der Waals surface area contributed by atoms with E-state index in [1.165, 1.54) is 0 Å². The zero-order valence-corrected chi connectivity index (χ0v) is 11.2. The van der Waals surface area contributed by atoms with Crippen molar-refractivity contribution in [3.63, 3.8) is 0 Å². The third-order valence-electron chi connectivity index (χ3n) is 2.98. The largest absolute Gasteiger partial charge is 0.465 e. The van der Waals surface area contributed by atoms with Crippen LogP contribution in [0.4, 0.5) is 0 Å². The SMILES string of the molecule is CCOC(=O)C(CC(C)C)c1nc(C2CC2)no1. The number of carbonyl (C=O) groups excluding carboxylic acids is 1. The number of ether oxygens (including phenoxy) is 1. The number of nitrogens with zero attached hydrogens (tertiary/aromatic N) is 2. The molecule has 0 amide bonds. The van der Waals surface area contributed by atoms with E-state index >= 15 is 0 Å². The Hall–Kier alpha value is -1.39. The van der Waals surface area contributed by atoms with Crippen LogP contribution in [0.15, 0.2) is 4.52 Å². The van der Waals surface area contributed by atoms with E-state index in [0.717, 1.165) is 18.7 Å². The molecule has 0 aromatic carbocycles. The molecule has 2 rings (SSSR count). The number of hydrogen-bond donors (Lipinski definition) is 0. The van der Waals surface area contributed by atoms with Gasteiger partial charge in [-0.3, -0.25) is 4.79 Å². The number of rotatable bonds is 6. The summed E-state index contributed by atoms with van der Waals surface area (Å²) in [6.07, 6.45) is 2.91. The van der Waals surface area contributed by atoms with Crippen molar-refractivity contribution in [2.45, 2.75) is 51.9 Å². The van der Waals surface area contributed by atoms with E-state index in [1.54, 1.807) is 6.92 Å². The van der Waals surface area contributed by atoms with Crippen molar-refractivity contribution >= 4 is 5.97 Å².